The Labute approximate surface area is 122 Å². The molecule has 0 N–H and O–H groups in total. The number of hydrogen-bond donors (Lipinski definition) is 0. The number of aromatic nitrogens is 3. The number of nitrogens with zero attached hydrogens (tertiary/aromatic N) is 3. The second-order valence-corrected chi connectivity index (χ2v) is 6.66. The molecule has 0 aliphatic rings. The van der Waals surface area contributed by atoms with Crippen LogP contribution in [-0.2, 0) is 5.41 Å². The van der Waals surface area contributed by atoms with Gasteiger partial charge in [0.1, 0.15) is 21.0 Å². The summed E-state index contributed by atoms with van der Waals surface area (Å²) >= 11 is 7.72. The first-order chi connectivity index (χ1) is 8.88. The summed E-state index contributed by atoms with van der Waals surface area (Å²) in [7, 11) is 0. The van der Waals surface area contributed by atoms with Gasteiger partial charge in [0.05, 0.1) is 0 Å². The molecule has 0 aromatic carbocycles. The lowest BCUT2D eigenvalue weighted by atomic mass is 9.96. The van der Waals surface area contributed by atoms with Gasteiger partial charge in [0.2, 0.25) is 0 Å². The topological polar surface area (TPSA) is 38.7 Å². The van der Waals surface area contributed by atoms with E-state index >= 15 is 0 Å². The van der Waals surface area contributed by atoms with Gasteiger partial charge in [0.25, 0.3) is 0 Å². The van der Waals surface area contributed by atoms with Crippen molar-refractivity contribution in [1.29, 1.82) is 0 Å². The van der Waals surface area contributed by atoms with E-state index in [-0.39, 0.29) is 5.41 Å². The quantitative estimate of drug-likeness (QED) is 0.775. The third-order valence-electron chi connectivity index (χ3n) is 2.55. The molecule has 0 saturated carbocycles. The van der Waals surface area contributed by atoms with Crippen LogP contribution in [0, 0.1) is 6.92 Å². The van der Waals surface area contributed by atoms with Crippen LogP contribution in [0.4, 0.5) is 0 Å². The van der Waals surface area contributed by atoms with E-state index in [0.29, 0.717) is 5.15 Å². The van der Waals surface area contributed by atoms with Crippen LogP contribution >= 0.6 is 23.4 Å². The van der Waals surface area contributed by atoms with Crippen LogP contribution < -0.4 is 0 Å². The molecule has 5 heteroatoms. The van der Waals surface area contributed by atoms with Gasteiger partial charge in [0.15, 0.2) is 0 Å². The van der Waals surface area contributed by atoms with E-state index in [1.165, 1.54) is 11.8 Å². The molecule has 0 atom stereocenters. The Hall–Kier alpha value is -1.13. The summed E-state index contributed by atoms with van der Waals surface area (Å²) in [5.74, 6) is 0.751. The van der Waals surface area contributed by atoms with Crippen molar-refractivity contribution in [2.75, 3.05) is 0 Å². The molecule has 0 fully saturated rings. The fourth-order valence-electron chi connectivity index (χ4n) is 1.41. The molecule has 0 bridgehead atoms. The molecule has 3 nitrogen and oxygen atoms in total. The third-order valence-corrected chi connectivity index (χ3v) is 3.96. The first kappa shape index (κ1) is 14.3. The normalized spacial score (nSPS) is 11.6. The van der Waals surface area contributed by atoms with Crippen molar-refractivity contribution < 1.29 is 0 Å². The molecule has 2 heterocycles. The van der Waals surface area contributed by atoms with Gasteiger partial charge >= 0.3 is 0 Å². The second-order valence-electron chi connectivity index (χ2n) is 5.29. The monoisotopic (exact) mass is 293 g/mol. The Morgan fingerprint density at radius 3 is 2.47 bits per heavy atom. The summed E-state index contributed by atoms with van der Waals surface area (Å²) < 4.78 is 0. The highest BCUT2D eigenvalue weighted by Gasteiger charge is 2.21. The van der Waals surface area contributed by atoms with E-state index in [1.807, 2.05) is 25.1 Å². The SMILES string of the molecule is Cc1c(Cl)nc(C(C)(C)C)nc1Sc1ccccn1. The van der Waals surface area contributed by atoms with E-state index < -0.39 is 0 Å². The highest BCUT2D eigenvalue weighted by Crippen LogP contribution is 2.32. The van der Waals surface area contributed by atoms with Crippen LogP contribution in [-0.4, -0.2) is 15.0 Å². The minimum atomic E-state index is -0.128. The van der Waals surface area contributed by atoms with Crippen LogP contribution in [0.2, 0.25) is 5.15 Å². The number of pyridine rings is 1. The van der Waals surface area contributed by atoms with Gasteiger partial charge in [-0.1, -0.05) is 38.4 Å². The maximum absolute atomic E-state index is 6.21. The van der Waals surface area contributed by atoms with Crippen molar-refractivity contribution in [3.05, 3.63) is 40.9 Å². The minimum absolute atomic E-state index is 0.128. The summed E-state index contributed by atoms with van der Waals surface area (Å²) in [6, 6.07) is 5.81. The molecule has 0 saturated heterocycles. The highest BCUT2D eigenvalue weighted by atomic mass is 35.5. The van der Waals surface area contributed by atoms with Crippen molar-refractivity contribution >= 4 is 23.4 Å². The first-order valence-electron chi connectivity index (χ1n) is 6.01. The lowest BCUT2D eigenvalue weighted by molar-refractivity contribution is 0.537. The van der Waals surface area contributed by atoms with E-state index in [0.717, 1.165) is 21.4 Å². The molecule has 2 aromatic heterocycles. The van der Waals surface area contributed by atoms with Crippen LogP contribution in [0.1, 0.15) is 32.2 Å². The number of halogens is 1. The van der Waals surface area contributed by atoms with E-state index in [2.05, 4.69) is 35.7 Å². The van der Waals surface area contributed by atoms with Crippen molar-refractivity contribution in [1.82, 2.24) is 15.0 Å². The van der Waals surface area contributed by atoms with E-state index in [9.17, 15) is 0 Å². The van der Waals surface area contributed by atoms with Gasteiger partial charge < -0.3 is 0 Å². The molecule has 0 unspecified atom stereocenters. The third kappa shape index (κ3) is 3.45. The molecular weight excluding hydrogens is 278 g/mol. The number of rotatable bonds is 2. The van der Waals surface area contributed by atoms with E-state index in [1.54, 1.807) is 6.20 Å². The van der Waals surface area contributed by atoms with E-state index in [4.69, 9.17) is 11.6 Å². The molecular formula is C14H16ClN3S. The molecule has 0 spiro atoms. The maximum Gasteiger partial charge on any atom is 0.136 e. The molecule has 19 heavy (non-hydrogen) atoms. The fourth-order valence-corrected chi connectivity index (χ4v) is 2.48. The lowest BCUT2D eigenvalue weighted by Crippen LogP contribution is -2.17. The molecule has 100 valence electrons. The van der Waals surface area contributed by atoms with Gasteiger partial charge in [-0.2, -0.15) is 0 Å². The predicted molar refractivity (Wildman–Crippen MR) is 78.8 cm³/mol. The largest absolute Gasteiger partial charge is 0.250 e. The van der Waals surface area contributed by atoms with Gasteiger partial charge in [-0.3, -0.25) is 0 Å². The highest BCUT2D eigenvalue weighted by molar-refractivity contribution is 7.99. The summed E-state index contributed by atoms with van der Waals surface area (Å²) in [4.78, 5) is 13.3. The molecule has 2 rings (SSSR count). The average molecular weight is 294 g/mol. The Morgan fingerprint density at radius 1 is 1.16 bits per heavy atom. The zero-order chi connectivity index (χ0) is 14.0. The predicted octanol–water partition coefficient (Wildman–Crippen LogP) is 4.28. The van der Waals surface area contributed by atoms with Crippen LogP contribution in [0.25, 0.3) is 0 Å². The summed E-state index contributed by atoms with van der Waals surface area (Å²) in [5, 5.41) is 2.28. The van der Waals surface area contributed by atoms with Crippen LogP contribution in [0.3, 0.4) is 0 Å². The van der Waals surface area contributed by atoms with Crippen molar-refractivity contribution in [3.8, 4) is 0 Å². The van der Waals surface area contributed by atoms with Crippen molar-refractivity contribution in [2.45, 2.75) is 43.2 Å². The Bertz CT molecular complexity index is 579. The number of hydrogen-bond acceptors (Lipinski definition) is 4. The smallest absolute Gasteiger partial charge is 0.136 e. The molecule has 0 aliphatic carbocycles. The van der Waals surface area contributed by atoms with Gasteiger partial charge in [0, 0.05) is 17.2 Å². The Morgan fingerprint density at radius 2 is 1.89 bits per heavy atom. The first-order valence-corrected chi connectivity index (χ1v) is 7.21. The Balaban J connectivity index is 2.42. The summed E-state index contributed by atoms with van der Waals surface area (Å²) in [6.45, 7) is 8.15. The molecule has 2 aromatic rings. The summed E-state index contributed by atoms with van der Waals surface area (Å²) in [5.41, 5.74) is 0.766. The second kappa shape index (κ2) is 5.47. The maximum atomic E-state index is 6.21. The summed E-state index contributed by atoms with van der Waals surface area (Å²) in [6.07, 6.45) is 1.77. The standard InChI is InChI=1S/C14H16ClN3S/c1-9-11(15)17-13(14(2,3)4)18-12(9)19-10-7-5-6-8-16-10/h5-8H,1-4H3. The van der Waals surface area contributed by atoms with Crippen LogP contribution in [0.15, 0.2) is 34.4 Å². The zero-order valence-electron chi connectivity index (χ0n) is 11.4. The lowest BCUT2D eigenvalue weighted by Gasteiger charge is -2.18. The Kier molecular flexibility index (Phi) is 4.11. The molecule has 0 radical (unpaired) electrons. The van der Waals surface area contributed by atoms with Gasteiger partial charge in [-0.15, -0.1) is 0 Å². The average Bonchev–Trinajstić information content (AvgIpc) is 2.34. The zero-order valence-corrected chi connectivity index (χ0v) is 13.0. The minimum Gasteiger partial charge on any atom is -0.250 e. The van der Waals surface area contributed by atoms with Gasteiger partial charge in [-0.05, 0) is 30.8 Å². The van der Waals surface area contributed by atoms with Gasteiger partial charge in [-0.25, -0.2) is 15.0 Å². The molecule has 0 aliphatic heterocycles. The van der Waals surface area contributed by atoms with Crippen molar-refractivity contribution in [3.63, 3.8) is 0 Å². The van der Waals surface area contributed by atoms with Crippen LogP contribution in [0.5, 0.6) is 0 Å². The van der Waals surface area contributed by atoms with Crippen molar-refractivity contribution in [2.24, 2.45) is 0 Å². The molecule has 0 amide bonds. The fraction of sp³-hybridized carbons (Fsp3) is 0.357.